The van der Waals surface area contributed by atoms with Gasteiger partial charge in [-0.25, -0.2) is 18.2 Å². The Labute approximate surface area is 328 Å². The van der Waals surface area contributed by atoms with E-state index in [-0.39, 0.29) is 39.7 Å². The summed E-state index contributed by atoms with van der Waals surface area (Å²) in [6.45, 7) is 12.2. The summed E-state index contributed by atoms with van der Waals surface area (Å²) in [6, 6.07) is 18.8. The maximum atomic E-state index is 13.1. The van der Waals surface area contributed by atoms with Crippen molar-refractivity contribution in [1.82, 2.24) is 20.2 Å². The zero-order valence-corrected chi connectivity index (χ0v) is 33.7. The molecule has 4 aromatic rings. The molecule has 3 aromatic carbocycles. The minimum Gasteiger partial charge on any atom is -0.489 e. The van der Waals surface area contributed by atoms with Crippen molar-refractivity contribution in [1.29, 1.82) is 0 Å². The number of carbonyl (C=O) groups is 2. The molecule has 2 aliphatic rings. The van der Waals surface area contributed by atoms with Crippen molar-refractivity contribution in [3.63, 3.8) is 0 Å². The molecule has 55 heavy (non-hydrogen) atoms. The van der Waals surface area contributed by atoms with Crippen molar-refractivity contribution in [2.24, 2.45) is 0 Å². The molecule has 0 spiro atoms. The summed E-state index contributed by atoms with van der Waals surface area (Å²) in [7, 11) is -1.43. The Morgan fingerprint density at radius 3 is 2.44 bits per heavy atom. The Balaban J connectivity index is 1.14. The van der Waals surface area contributed by atoms with E-state index in [0.29, 0.717) is 36.1 Å². The smallest absolute Gasteiger partial charge is 0.328 e. The van der Waals surface area contributed by atoms with Gasteiger partial charge in [-0.1, -0.05) is 35.9 Å². The Morgan fingerprint density at radius 2 is 1.73 bits per heavy atom. The zero-order valence-electron chi connectivity index (χ0n) is 32.1. The minimum absolute atomic E-state index is 0.0939. The quantitative estimate of drug-likeness (QED) is 0.124. The van der Waals surface area contributed by atoms with Gasteiger partial charge >= 0.3 is 6.03 Å². The highest BCUT2D eigenvalue weighted by Crippen LogP contribution is 2.38. The first-order chi connectivity index (χ1) is 26.2. The highest BCUT2D eigenvalue weighted by atomic mass is 35.5. The van der Waals surface area contributed by atoms with Crippen LogP contribution in [0.2, 0.25) is 5.02 Å². The van der Waals surface area contributed by atoms with Gasteiger partial charge in [-0.05, 0) is 96.0 Å². The van der Waals surface area contributed by atoms with E-state index in [0.717, 1.165) is 55.0 Å². The SMILES string of the molecule is Cc1cc(Nc2ncc(Cl)c(Nc3ccccc3S(=O)(=O)C(C)C)n2)c(OC(C)C)cc1N1CCC(N(C)Cc2cccc(N3CCC(=O)NC3=O)c2)CC1. The molecule has 2 saturated heterocycles. The number of aromatic nitrogens is 2. The van der Waals surface area contributed by atoms with Crippen molar-refractivity contribution in [3.05, 3.63) is 83.0 Å². The van der Waals surface area contributed by atoms with Crippen LogP contribution in [0.25, 0.3) is 0 Å². The maximum Gasteiger partial charge on any atom is 0.328 e. The molecule has 3 amide bonds. The molecule has 3 N–H and O–H groups in total. The third-order valence-electron chi connectivity index (χ3n) is 9.86. The number of hydrogen-bond acceptors (Lipinski definition) is 11. The topological polar surface area (TPSA) is 149 Å². The molecular formula is C40H49ClN8O5S. The normalized spacial score (nSPS) is 15.5. The fraction of sp³-hybridized carbons (Fsp3) is 0.400. The van der Waals surface area contributed by atoms with Crippen LogP contribution in [0.15, 0.2) is 71.8 Å². The third-order valence-corrected chi connectivity index (χ3v) is 12.3. The van der Waals surface area contributed by atoms with Gasteiger partial charge < -0.3 is 20.3 Å². The number of nitrogens with one attached hydrogen (secondary N) is 3. The number of hydrogen-bond donors (Lipinski definition) is 3. The van der Waals surface area contributed by atoms with E-state index in [4.69, 9.17) is 16.3 Å². The van der Waals surface area contributed by atoms with Crippen molar-refractivity contribution in [3.8, 4) is 5.75 Å². The van der Waals surface area contributed by atoms with Crippen LogP contribution in [-0.4, -0.2) is 79.3 Å². The number of benzene rings is 3. The molecule has 15 heteroatoms. The first-order valence-corrected chi connectivity index (χ1v) is 20.5. The van der Waals surface area contributed by atoms with Gasteiger partial charge in [0.1, 0.15) is 10.8 Å². The number of amides is 3. The fourth-order valence-corrected chi connectivity index (χ4v) is 8.24. The number of anilines is 6. The van der Waals surface area contributed by atoms with E-state index in [9.17, 15) is 18.0 Å². The summed E-state index contributed by atoms with van der Waals surface area (Å²) in [4.78, 5) is 39.6. The van der Waals surface area contributed by atoms with Gasteiger partial charge in [0.25, 0.3) is 0 Å². The second-order valence-corrected chi connectivity index (χ2v) is 17.5. The average Bonchev–Trinajstić information content (AvgIpc) is 3.14. The van der Waals surface area contributed by atoms with E-state index >= 15 is 0 Å². The van der Waals surface area contributed by atoms with Gasteiger partial charge in [0.05, 0.1) is 33.8 Å². The standard InChI is InChI=1S/C40H49ClN8O5S/c1-25(2)54-35-22-34(48-17-14-29(15-18-48)47(6)24-28-10-9-11-30(21-28)49-19-16-37(50)45-40(49)51)27(5)20-33(35)44-39-42-23-31(41)38(46-39)43-32-12-7-8-13-36(32)55(52,53)26(3)4/h7-13,20-23,25-26,29H,14-19,24H2,1-6H3,(H,45,50,51)(H2,42,43,44,46). The monoisotopic (exact) mass is 788 g/mol. The molecule has 0 saturated carbocycles. The summed E-state index contributed by atoms with van der Waals surface area (Å²) in [6.07, 6.45) is 3.62. The fourth-order valence-electron chi connectivity index (χ4n) is 6.90. The van der Waals surface area contributed by atoms with E-state index in [2.05, 4.69) is 61.8 Å². The van der Waals surface area contributed by atoms with Crippen LogP contribution in [-0.2, 0) is 21.2 Å². The van der Waals surface area contributed by atoms with Gasteiger partial charge in [-0.15, -0.1) is 0 Å². The molecule has 6 rings (SSSR count). The molecule has 0 radical (unpaired) electrons. The third kappa shape index (κ3) is 9.31. The molecule has 0 aliphatic carbocycles. The lowest BCUT2D eigenvalue weighted by Crippen LogP contribution is -2.49. The summed E-state index contributed by atoms with van der Waals surface area (Å²) in [5.41, 5.74) is 5.12. The molecule has 0 unspecified atom stereocenters. The number of carbonyl (C=O) groups excluding carboxylic acids is 2. The first-order valence-electron chi connectivity index (χ1n) is 18.6. The number of piperidine rings is 1. The maximum absolute atomic E-state index is 13.1. The Hall–Kier alpha value is -4.92. The van der Waals surface area contributed by atoms with Crippen molar-refractivity contribution in [2.45, 2.75) is 82.7 Å². The van der Waals surface area contributed by atoms with Crippen molar-refractivity contribution < 1.29 is 22.7 Å². The van der Waals surface area contributed by atoms with E-state index in [1.165, 1.54) is 6.20 Å². The number of sulfone groups is 1. The highest BCUT2D eigenvalue weighted by Gasteiger charge is 2.27. The van der Waals surface area contributed by atoms with Crippen LogP contribution < -0.4 is 30.5 Å². The molecular weight excluding hydrogens is 740 g/mol. The van der Waals surface area contributed by atoms with Gasteiger partial charge in [0.2, 0.25) is 11.9 Å². The van der Waals surface area contributed by atoms with Crippen LogP contribution in [0.3, 0.4) is 0 Å². The predicted molar refractivity (Wildman–Crippen MR) is 218 cm³/mol. The van der Waals surface area contributed by atoms with Crippen LogP contribution >= 0.6 is 11.6 Å². The summed E-state index contributed by atoms with van der Waals surface area (Å²) < 4.78 is 32.4. The summed E-state index contributed by atoms with van der Waals surface area (Å²) >= 11 is 6.50. The number of aryl methyl sites for hydroxylation is 1. The summed E-state index contributed by atoms with van der Waals surface area (Å²) in [5, 5.41) is 8.46. The second-order valence-electron chi connectivity index (χ2n) is 14.6. The molecule has 2 fully saturated rings. The molecule has 1 aromatic heterocycles. The molecule has 0 atom stereocenters. The largest absolute Gasteiger partial charge is 0.489 e. The van der Waals surface area contributed by atoms with Crippen LogP contribution in [0, 0.1) is 6.92 Å². The van der Waals surface area contributed by atoms with Crippen molar-refractivity contribution >= 4 is 67.9 Å². The summed E-state index contributed by atoms with van der Waals surface area (Å²) in [5.74, 6) is 0.939. The molecule has 292 valence electrons. The molecule has 13 nitrogen and oxygen atoms in total. The lowest BCUT2D eigenvalue weighted by Gasteiger charge is -2.39. The van der Waals surface area contributed by atoms with Gasteiger partial charge in [-0.3, -0.25) is 19.9 Å². The van der Waals surface area contributed by atoms with E-state index in [1.54, 1.807) is 43.0 Å². The Bertz CT molecular complexity index is 2160. The minimum atomic E-state index is -3.57. The predicted octanol–water partition coefficient (Wildman–Crippen LogP) is 7.44. The van der Waals surface area contributed by atoms with Gasteiger partial charge in [0.15, 0.2) is 15.7 Å². The number of imide groups is 1. The lowest BCUT2D eigenvalue weighted by molar-refractivity contribution is -0.120. The number of rotatable bonds is 13. The number of halogens is 1. The lowest BCUT2D eigenvalue weighted by atomic mass is 10.0. The van der Waals surface area contributed by atoms with Crippen LogP contribution in [0.4, 0.5) is 39.3 Å². The van der Waals surface area contributed by atoms with Crippen molar-refractivity contribution in [2.75, 3.05) is 47.1 Å². The van der Waals surface area contributed by atoms with E-state index in [1.807, 2.05) is 38.1 Å². The van der Waals surface area contributed by atoms with Crippen LogP contribution in [0.5, 0.6) is 5.75 Å². The average molecular weight is 789 g/mol. The Morgan fingerprint density at radius 1 is 0.982 bits per heavy atom. The van der Waals surface area contributed by atoms with Gasteiger partial charge in [-0.2, -0.15) is 4.98 Å². The molecule has 0 bridgehead atoms. The zero-order chi connectivity index (χ0) is 39.4. The Kier molecular flexibility index (Phi) is 12.2. The molecule has 2 aliphatic heterocycles. The van der Waals surface area contributed by atoms with Crippen LogP contribution in [0.1, 0.15) is 58.1 Å². The molecule has 3 heterocycles. The van der Waals surface area contributed by atoms with Gasteiger partial charge in [0, 0.05) is 56.1 Å². The number of para-hydroxylation sites is 1. The first kappa shape index (κ1) is 39.8. The number of nitrogens with zero attached hydrogens (tertiary/aromatic N) is 5. The number of urea groups is 1. The highest BCUT2D eigenvalue weighted by molar-refractivity contribution is 7.92. The number of ether oxygens (including phenoxy) is 1. The second kappa shape index (κ2) is 16.8. The van der Waals surface area contributed by atoms with E-state index < -0.39 is 15.1 Å².